The maximum Gasteiger partial charge on any atom is 0.244 e. The van der Waals surface area contributed by atoms with E-state index in [0.717, 1.165) is 16.1 Å². The highest BCUT2D eigenvalue weighted by Crippen LogP contribution is 2.30. The first kappa shape index (κ1) is 30.3. The Labute approximate surface area is 239 Å². The molecule has 3 rings (SSSR count). The van der Waals surface area contributed by atoms with Crippen molar-refractivity contribution in [1.82, 2.24) is 10.2 Å². The van der Waals surface area contributed by atoms with E-state index in [2.05, 4.69) is 5.32 Å². The summed E-state index contributed by atoms with van der Waals surface area (Å²) in [5, 5.41) is 3.42. The third-order valence-corrected chi connectivity index (χ3v) is 7.83. The Morgan fingerprint density at radius 2 is 1.64 bits per heavy atom. The maximum absolute atomic E-state index is 14.0. The number of halogens is 2. The quantitative estimate of drug-likeness (QED) is 0.333. The normalized spacial score (nSPS) is 11.9. The number of nitrogens with one attached hydrogen (secondary N) is 1. The summed E-state index contributed by atoms with van der Waals surface area (Å²) in [6.07, 6.45) is 1.22. The molecular weight excluding hydrogens is 561 g/mol. The Morgan fingerprint density at radius 1 is 0.974 bits per heavy atom. The van der Waals surface area contributed by atoms with Gasteiger partial charge in [-0.25, -0.2) is 8.42 Å². The van der Waals surface area contributed by atoms with Crippen LogP contribution in [0.4, 0.5) is 5.69 Å². The largest absolute Gasteiger partial charge is 0.495 e. The molecule has 0 aliphatic carbocycles. The van der Waals surface area contributed by atoms with Gasteiger partial charge in [0.1, 0.15) is 18.3 Å². The smallest absolute Gasteiger partial charge is 0.244 e. The molecule has 39 heavy (non-hydrogen) atoms. The molecule has 8 nitrogen and oxygen atoms in total. The minimum Gasteiger partial charge on any atom is -0.495 e. The molecule has 1 atom stereocenters. The van der Waals surface area contributed by atoms with Crippen LogP contribution in [0.25, 0.3) is 0 Å². The van der Waals surface area contributed by atoms with E-state index in [-0.39, 0.29) is 29.6 Å². The summed E-state index contributed by atoms with van der Waals surface area (Å²) in [6, 6.07) is 19.8. The Hall–Kier alpha value is -3.27. The molecular formula is C28H31Cl2N3O5S. The van der Waals surface area contributed by atoms with Crippen molar-refractivity contribution in [3.05, 3.63) is 94.0 Å². The van der Waals surface area contributed by atoms with E-state index >= 15 is 0 Å². The van der Waals surface area contributed by atoms with Crippen molar-refractivity contribution < 1.29 is 22.7 Å². The number of hydrogen-bond donors (Lipinski definition) is 1. The van der Waals surface area contributed by atoms with Crippen LogP contribution in [0.3, 0.4) is 0 Å². The van der Waals surface area contributed by atoms with Crippen molar-refractivity contribution in [2.75, 3.05) is 30.8 Å². The number of methoxy groups -OCH3 is 1. The summed E-state index contributed by atoms with van der Waals surface area (Å²) < 4.78 is 31.8. The Kier molecular flexibility index (Phi) is 10.6. The highest BCUT2D eigenvalue weighted by molar-refractivity contribution is 7.92. The van der Waals surface area contributed by atoms with Crippen molar-refractivity contribution in [3.8, 4) is 5.75 Å². The molecule has 208 valence electrons. The van der Waals surface area contributed by atoms with Crippen LogP contribution in [0.2, 0.25) is 10.0 Å². The molecule has 0 bridgehead atoms. The van der Waals surface area contributed by atoms with Gasteiger partial charge in [-0.3, -0.25) is 13.9 Å². The predicted molar refractivity (Wildman–Crippen MR) is 155 cm³/mol. The number of hydrogen-bond acceptors (Lipinski definition) is 5. The van der Waals surface area contributed by atoms with Crippen LogP contribution in [0, 0.1) is 0 Å². The van der Waals surface area contributed by atoms with Crippen LogP contribution in [-0.2, 0) is 32.6 Å². The summed E-state index contributed by atoms with van der Waals surface area (Å²) >= 11 is 12.7. The molecule has 0 spiro atoms. The van der Waals surface area contributed by atoms with Gasteiger partial charge in [-0.1, -0.05) is 71.7 Å². The second kappa shape index (κ2) is 13.7. The number of anilines is 1. The van der Waals surface area contributed by atoms with Crippen LogP contribution in [-0.4, -0.2) is 57.6 Å². The van der Waals surface area contributed by atoms with E-state index in [1.54, 1.807) is 31.2 Å². The molecule has 1 N–H and O–H groups in total. The fraction of sp³-hybridized carbons (Fsp3) is 0.286. The van der Waals surface area contributed by atoms with Crippen LogP contribution < -0.4 is 14.4 Å². The van der Waals surface area contributed by atoms with Gasteiger partial charge in [0.05, 0.1) is 24.1 Å². The molecule has 11 heteroatoms. The minimum atomic E-state index is -3.92. The summed E-state index contributed by atoms with van der Waals surface area (Å²) in [5.74, 6) is -0.584. The van der Waals surface area contributed by atoms with E-state index in [0.29, 0.717) is 22.9 Å². The number of amides is 2. The van der Waals surface area contributed by atoms with Crippen LogP contribution in [0.5, 0.6) is 5.75 Å². The van der Waals surface area contributed by atoms with Gasteiger partial charge in [0.25, 0.3) is 0 Å². The number of likely N-dealkylation sites (N-methyl/N-ethyl adjacent to an activating group) is 1. The highest BCUT2D eigenvalue weighted by Gasteiger charge is 2.33. The molecule has 0 fully saturated rings. The summed E-state index contributed by atoms with van der Waals surface area (Å²) in [5.41, 5.74) is 1.65. The SMILES string of the molecule is CCNC(=O)C(Cc1ccccc1)N(Cc1ccccc1Cl)C(=O)CN(c1ccc(OC)c(Cl)c1)S(C)(=O)=O. The van der Waals surface area contributed by atoms with Crippen LogP contribution in [0.15, 0.2) is 72.8 Å². The molecule has 0 radical (unpaired) electrons. The molecule has 2 amide bonds. The number of benzene rings is 3. The summed E-state index contributed by atoms with van der Waals surface area (Å²) in [4.78, 5) is 28.7. The molecule has 0 aliphatic rings. The molecule has 3 aromatic rings. The lowest BCUT2D eigenvalue weighted by atomic mass is 10.0. The van der Waals surface area contributed by atoms with Gasteiger partial charge in [0.15, 0.2) is 0 Å². The maximum atomic E-state index is 14.0. The van der Waals surface area contributed by atoms with Crippen molar-refractivity contribution in [2.45, 2.75) is 25.9 Å². The zero-order valence-corrected chi connectivity index (χ0v) is 24.3. The molecule has 1 unspecified atom stereocenters. The standard InChI is InChI=1S/C28H31Cl2N3O5S/c1-4-31-28(35)25(16-20-10-6-5-7-11-20)32(18-21-12-8-9-13-23(21)29)27(34)19-33(39(3,36)37)22-14-15-26(38-2)24(30)17-22/h5-15,17,25H,4,16,18-19H2,1-3H3,(H,31,35). The van der Waals surface area contributed by atoms with E-state index in [1.807, 2.05) is 30.3 Å². The number of rotatable bonds is 12. The summed E-state index contributed by atoms with van der Waals surface area (Å²) in [7, 11) is -2.48. The lowest BCUT2D eigenvalue weighted by Gasteiger charge is -2.33. The molecule has 0 heterocycles. The predicted octanol–water partition coefficient (Wildman–Crippen LogP) is 4.54. The van der Waals surface area contributed by atoms with Gasteiger partial charge in [0.2, 0.25) is 21.8 Å². The number of carbonyl (C=O) groups excluding carboxylic acids is 2. The third kappa shape index (κ3) is 8.11. The zero-order chi connectivity index (χ0) is 28.6. The molecule has 0 saturated heterocycles. The van der Waals surface area contributed by atoms with Crippen molar-refractivity contribution >= 4 is 50.7 Å². The Morgan fingerprint density at radius 3 is 2.23 bits per heavy atom. The van der Waals surface area contributed by atoms with E-state index in [1.165, 1.54) is 30.2 Å². The third-order valence-electron chi connectivity index (χ3n) is 6.02. The van der Waals surface area contributed by atoms with Gasteiger partial charge in [0, 0.05) is 24.5 Å². The minimum absolute atomic E-state index is 0.00584. The van der Waals surface area contributed by atoms with E-state index < -0.39 is 28.5 Å². The van der Waals surface area contributed by atoms with Crippen molar-refractivity contribution in [1.29, 1.82) is 0 Å². The van der Waals surface area contributed by atoms with Crippen molar-refractivity contribution in [3.63, 3.8) is 0 Å². The first-order valence-corrected chi connectivity index (χ1v) is 14.8. The number of ether oxygens (including phenoxy) is 1. The Bertz CT molecular complexity index is 1400. The second-order valence-corrected chi connectivity index (χ2v) is 11.5. The zero-order valence-electron chi connectivity index (χ0n) is 21.9. The van der Waals surface area contributed by atoms with Crippen molar-refractivity contribution in [2.24, 2.45) is 0 Å². The van der Waals surface area contributed by atoms with Gasteiger partial charge >= 0.3 is 0 Å². The fourth-order valence-electron chi connectivity index (χ4n) is 4.08. The second-order valence-electron chi connectivity index (χ2n) is 8.80. The van der Waals surface area contributed by atoms with Gasteiger partial charge in [-0.2, -0.15) is 0 Å². The average molecular weight is 593 g/mol. The monoisotopic (exact) mass is 591 g/mol. The first-order valence-electron chi connectivity index (χ1n) is 12.2. The lowest BCUT2D eigenvalue weighted by molar-refractivity contribution is -0.140. The summed E-state index contributed by atoms with van der Waals surface area (Å²) in [6.45, 7) is 1.58. The van der Waals surface area contributed by atoms with Crippen LogP contribution >= 0.6 is 23.2 Å². The molecule has 0 aliphatic heterocycles. The number of carbonyl (C=O) groups is 2. The lowest BCUT2D eigenvalue weighted by Crippen LogP contribution is -2.53. The molecule has 0 saturated carbocycles. The highest BCUT2D eigenvalue weighted by atomic mass is 35.5. The fourth-order valence-corrected chi connectivity index (χ4v) is 5.37. The Balaban J connectivity index is 2.06. The molecule has 3 aromatic carbocycles. The number of nitrogens with zero attached hydrogens (tertiary/aromatic N) is 2. The van der Waals surface area contributed by atoms with Gasteiger partial charge in [-0.15, -0.1) is 0 Å². The topological polar surface area (TPSA) is 96.0 Å². The average Bonchev–Trinajstić information content (AvgIpc) is 2.90. The van der Waals surface area contributed by atoms with Gasteiger partial charge in [-0.05, 0) is 42.3 Å². The first-order chi connectivity index (χ1) is 18.5. The van der Waals surface area contributed by atoms with Crippen LogP contribution in [0.1, 0.15) is 18.1 Å². The molecule has 0 aromatic heterocycles. The number of sulfonamides is 1. The van der Waals surface area contributed by atoms with Gasteiger partial charge < -0.3 is 15.0 Å². The van der Waals surface area contributed by atoms with E-state index in [9.17, 15) is 18.0 Å². The van der Waals surface area contributed by atoms with E-state index in [4.69, 9.17) is 27.9 Å².